The quantitative estimate of drug-likeness (QED) is 0.304. The van der Waals surface area contributed by atoms with Crippen molar-refractivity contribution in [3.05, 3.63) is 116 Å². The van der Waals surface area contributed by atoms with Crippen LogP contribution >= 0.6 is 11.3 Å². The smallest absolute Gasteiger partial charge is 0.273 e. The summed E-state index contributed by atoms with van der Waals surface area (Å²) in [6, 6.07) is 29.6. The third-order valence-corrected chi connectivity index (χ3v) is 8.45. The fraction of sp³-hybridized carbons (Fsp3) is 0.265. The third-order valence-electron chi connectivity index (χ3n) is 7.36. The number of nitrogens with one attached hydrogen (secondary N) is 1. The number of aromatic nitrogens is 1. The van der Waals surface area contributed by atoms with Crippen molar-refractivity contribution in [2.75, 3.05) is 50.8 Å². The molecule has 0 bridgehead atoms. The Morgan fingerprint density at radius 2 is 1.70 bits per heavy atom. The van der Waals surface area contributed by atoms with Crippen LogP contribution in [-0.4, -0.2) is 61.3 Å². The number of hydrogen-bond donors (Lipinski definition) is 1. The second kappa shape index (κ2) is 14.6. The number of morpholine rings is 1. The lowest BCUT2D eigenvalue weighted by Crippen LogP contribution is -2.42. The number of anilines is 1. The number of nitrogens with zero attached hydrogens (tertiary/aromatic N) is 4. The van der Waals surface area contributed by atoms with Gasteiger partial charge in [0.15, 0.2) is 5.57 Å². The van der Waals surface area contributed by atoms with E-state index in [0.717, 1.165) is 48.8 Å². The summed E-state index contributed by atoms with van der Waals surface area (Å²) in [7, 11) is 0. The highest BCUT2D eigenvalue weighted by atomic mass is 32.1. The molecule has 0 atom stereocenters. The van der Waals surface area contributed by atoms with Crippen LogP contribution in [0.1, 0.15) is 18.1 Å². The number of nitriles is 1. The third kappa shape index (κ3) is 7.48. The molecule has 43 heavy (non-hydrogen) atoms. The number of amides is 1. The van der Waals surface area contributed by atoms with Gasteiger partial charge in [-0.1, -0.05) is 60.7 Å². The Kier molecular flexibility index (Phi) is 10.2. The van der Waals surface area contributed by atoms with Gasteiger partial charge in [0.25, 0.3) is 11.5 Å². The second-order valence-corrected chi connectivity index (χ2v) is 11.2. The van der Waals surface area contributed by atoms with E-state index in [1.807, 2.05) is 54.6 Å². The minimum atomic E-state index is -0.490. The molecule has 2 heterocycles. The molecule has 5 rings (SSSR count). The van der Waals surface area contributed by atoms with Gasteiger partial charge in [-0.3, -0.25) is 19.1 Å². The van der Waals surface area contributed by atoms with Crippen LogP contribution in [0.5, 0.6) is 0 Å². The van der Waals surface area contributed by atoms with Crippen LogP contribution < -0.4 is 25.0 Å². The molecule has 3 aromatic carbocycles. The minimum absolute atomic E-state index is 0.0811. The topological polar surface area (TPSA) is 90.6 Å². The number of thiazole rings is 1. The molecule has 1 amide bonds. The largest absolute Gasteiger partial charge is 0.379 e. The molecular weight excluding hydrogens is 558 g/mol. The highest BCUT2D eigenvalue weighted by Crippen LogP contribution is 2.18. The molecule has 1 aliphatic heterocycles. The summed E-state index contributed by atoms with van der Waals surface area (Å²) in [6.07, 6.45) is 1.82. The van der Waals surface area contributed by atoms with Gasteiger partial charge in [0.05, 0.1) is 23.4 Å². The standard InChI is InChI=1S/C34H35N5O3S/c1-2-38(25-27-9-5-3-6-10-27)28-15-13-26(14-16-28)23-31-33(41)39(29-11-7-4-8-12-29)34(43-31)30(24-35)32(40)36-17-18-37-19-21-42-22-20-37/h3-16,23H,2,17-22,25H2,1H3,(H,36,40)/b31-23+,34-30-. The maximum atomic E-state index is 13.7. The number of ether oxygens (including phenoxy) is 1. The number of para-hydroxylation sites is 1. The second-order valence-electron chi connectivity index (χ2n) is 10.2. The van der Waals surface area contributed by atoms with Crippen molar-refractivity contribution >= 4 is 34.6 Å². The van der Waals surface area contributed by atoms with E-state index in [4.69, 9.17) is 4.74 Å². The molecule has 4 aromatic rings. The Labute approximate surface area is 255 Å². The van der Waals surface area contributed by atoms with E-state index in [2.05, 4.69) is 52.4 Å². The van der Waals surface area contributed by atoms with Crippen molar-refractivity contribution in [2.45, 2.75) is 13.5 Å². The summed E-state index contributed by atoms with van der Waals surface area (Å²) in [5, 5.41) is 12.9. The van der Waals surface area contributed by atoms with E-state index in [-0.39, 0.29) is 11.1 Å². The average molecular weight is 594 g/mol. The minimum Gasteiger partial charge on any atom is -0.379 e. The van der Waals surface area contributed by atoms with E-state index in [1.165, 1.54) is 10.1 Å². The van der Waals surface area contributed by atoms with Gasteiger partial charge in [0, 0.05) is 45.0 Å². The highest BCUT2D eigenvalue weighted by molar-refractivity contribution is 7.07. The first-order valence-electron chi connectivity index (χ1n) is 14.5. The zero-order chi connectivity index (χ0) is 30.0. The average Bonchev–Trinajstić information content (AvgIpc) is 3.36. The summed E-state index contributed by atoms with van der Waals surface area (Å²) in [5.74, 6) is -0.490. The zero-order valence-electron chi connectivity index (χ0n) is 24.2. The number of benzene rings is 3. The number of carbonyl (C=O) groups excluding carboxylic acids is 1. The summed E-state index contributed by atoms with van der Waals surface area (Å²) in [6.45, 7) is 7.83. The van der Waals surface area contributed by atoms with Crippen molar-refractivity contribution in [2.24, 2.45) is 0 Å². The molecule has 1 aromatic heterocycles. The molecule has 1 N–H and O–H groups in total. The number of rotatable bonds is 10. The molecule has 0 aliphatic carbocycles. The first kappa shape index (κ1) is 30.0. The Bertz CT molecular complexity index is 1740. The molecule has 1 aliphatic rings. The Hall–Kier alpha value is -4.49. The lowest BCUT2D eigenvalue weighted by Gasteiger charge is -2.26. The number of carbonyl (C=O) groups is 1. The van der Waals surface area contributed by atoms with Crippen LogP contribution in [0.4, 0.5) is 5.69 Å². The first-order valence-corrected chi connectivity index (χ1v) is 15.3. The van der Waals surface area contributed by atoms with Crippen LogP contribution in [0, 0.1) is 11.3 Å². The predicted molar refractivity (Wildman–Crippen MR) is 172 cm³/mol. The molecule has 220 valence electrons. The van der Waals surface area contributed by atoms with E-state index in [9.17, 15) is 14.9 Å². The number of hydrogen-bond acceptors (Lipinski definition) is 7. The van der Waals surface area contributed by atoms with Crippen molar-refractivity contribution in [3.63, 3.8) is 0 Å². The molecule has 9 heteroatoms. The van der Waals surface area contributed by atoms with Crippen LogP contribution in [0.25, 0.3) is 17.3 Å². The SMILES string of the molecule is CCN(Cc1ccccc1)c1ccc(/C=c2/s/c(=C(/C#N)C(=O)NCCN3CCOCC3)n(-c3ccccc3)c2=O)cc1. The lowest BCUT2D eigenvalue weighted by molar-refractivity contribution is -0.115. The van der Waals surface area contributed by atoms with Crippen molar-refractivity contribution in [3.8, 4) is 11.8 Å². The molecule has 1 fully saturated rings. The maximum Gasteiger partial charge on any atom is 0.273 e. The van der Waals surface area contributed by atoms with Crippen molar-refractivity contribution in [1.82, 2.24) is 14.8 Å². The van der Waals surface area contributed by atoms with Crippen molar-refractivity contribution < 1.29 is 9.53 Å². The van der Waals surface area contributed by atoms with Crippen LogP contribution in [0.15, 0.2) is 89.7 Å². The fourth-order valence-electron chi connectivity index (χ4n) is 5.02. The molecule has 0 spiro atoms. The molecule has 0 unspecified atom stereocenters. The molecular formula is C34H35N5O3S. The van der Waals surface area contributed by atoms with E-state index in [1.54, 1.807) is 12.1 Å². The Morgan fingerprint density at radius 1 is 1.02 bits per heavy atom. The van der Waals surface area contributed by atoms with Gasteiger partial charge in [-0.15, -0.1) is 11.3 Å². The fourth-order valence-corrected chi connectivity index (χ4v) is 6.12. The van der Waals surface area contributed by atoms with Crippen LogP contribution in [0.3, 0.4) is 0 Å². The van der Waals surface area contributed by atoms with E-state index >= 15 is 0 Å². The van der Waals surface area contributed by atoms with Crippen LogP contribution in [0.2, 0.25) is 0 Å². The van der Waals surface area contributed by atoms with Gasteiger partial charge in [-0.2, -0.15) is 5.26 Å². The molecule has 1 saturated heterocycles. The predicted octanol–water partition coefficient (Wildman–Crippen LogP) is 2.88. The Morgan fingerprint density at radius 3 is 2.35 bits per heavy atom. The van der Waals surface area contributed by atoms with Gasteiger partial charge in [-0.25, -0.2) is 0 Å². The molecule has 0 radical (unpaired) electrons. The summed E-state index contributed by atoms with van der Waals surface area (Å²) in [4.78, 5) is 31.4. The highest BCUT2D eigenvalue weighted by Gasteiger charge is 2.18. The monoisotopic (exact) mass is 593 g/mol. The summed E-state index contributed by atoms with van der Waals surface area (Å²) >= 11 is 1.15. The lowest BCUT2D eigenvalue weighted by atomic mass is 10.1. The van der Waals surface area contributed by atoms with Gasteiger partial charge in [0.1, 0.15) is 10.7 Å². The first-order chi connectivity index (χ1) is 21.1. The Balaban J connectivity index is 1.46. The zero-order valence-corrected chi connectivity index (χ0v) is 25.1. The normalized spacial score (nSPS) is 14.7. The van der Waals surface area contributed by atoms with Gasteiger partial charge < -0.3 is 15.0 Å². The van der Waals surface area contributed by atoms with Gasteiger partial charge in [-0.05, 0) is 48.4 Å². The van der Waals surface area contributed by atoms with Crippen LogP contribution in [-0.2, 0) is 16.1 Å². The van der Waals surface area contributed by atoms with Gasteiger partial charge >= 0.3 is 0 Å². The van der Waals surface area contributed by atoms with E-state index in [0.29, 0.717) is 41.2 Å². The summed E-state index contributed by atoms with van der Waals surface area (Å²) in [5.41, 5.74) is 3.43. The van der Waals surface area contributed by atoms with E-state index < -0.39 is 5.91 Å². The molecule has 8 nitrogen and oxygen atoms in total. The van der Waals surface area contributed by atoms with Gasteiger partial charge in [0.2, 0.25) is 0 Å². The maximum absolute atomic E-state index is 13.7. The molecule has 0 saturated carbocycles. The summed E-state index contributed by atoms with van der Waals surface area (Å²) < 4.78 is 7.60. The van der Waals surface area contributed by atoms with Crippen molar-refractivity contribution in [1.29, 1.82) is 5.26 Å².